The summed E-state index contributed by atoms with van der Waals surface area (Å²) < 4.78 is 11.2. The van der Waals surface area contributed by atoms with E-state index in [1.165, 1.54) is 0 Å². The summed E-state index contributed by atoms with van der Waals surface area (Å²) in [6, 6.07) is 12.5. The molecule has 132 valence electrons. The summed E-state index contributed by atoms with van der Waals surface area (Å²) in [5.41, 5.74) is 1.31. The Balaban J connectivity index is 1.68. The number of benzene rings is 2. The Hall–Kier alpha value is -1.75. The van der Waals surface area contributed by atoms with Gasteiger partial charge in [-0.05, 0) is 37.1 Å². The Morgan fingerprint density at radius 2 is 2.08 bits per heavy atom. The zero-order valence-electron chi connectivity index (χ0n) is 13.6. The Labute approximate surface area is 157 Å². The molecule has 1 N–H and O–H groups in total. The van der Waals surface area contributed by atoms with Crippen molar-refractivity contribution in [2.24, 2.45) is 0 Å². The van der Waals surface area contributed by atoms with Gasteiger partial charge in [0.25, 0.3) is 5.91 Å². The second kappa shape index (κ2) is 8.56. The monoisotopic (exact) mass is 379 g/mol. The molecule has 0 radical (unpaired) electrons. The smallest absolute Gasteiger partial charge is 0.255 e. The Morgan fingerprint density at radius 1 is 1.24 bits per heavy atom. The zero-order chi connectivity index (χ0) is 17.6. The number of hydrogen-bond acceptors (Lipinski definition) is 3. The SMILES string of the molecule is O=C(NC1CCCOC1)c1ccccc1OCc1ccc(Cl)cc1Cl. The summed E-state index contributed by atoms with van der Waals surface area (Å²) in [5, 5.41) is 4.11. The topological polar surface area (TPSA) is 47.6 Å². The van der Waals surface area contributed by atoms with Gasteiger partial charge in [0.1, 0.15) is 12.4 Å². The summed E-state index contributed by atoms with van der Waals surface area (Å²) in [5.74, 6) is 0.357. The second-order valence-corrected chi connectivity index (χ2v) is 6.75. The van der Waals surface area contributed by atoms with Crippen LogP contribution >= 0.6 is 23.2 Å². The van der Waals surface area contributed by atoms with E-state index in [-0.39, 0.29) is 18.6 Å². The van der Waals surface area contributed by atoms with Crippen molar-refractivity contribution in [3.05, 3.63) is 63.6 Å². The number of halogens is 2. The van der Waals surface area contributed by atoms with Gasteiger partial charge in [0.2, 0.25) is 0 Å². The first-order chi connectivity index (χ1) is 12.1. The molecule has 1 aliphatic heterocycles. The van der Waals surface area contributed by atoms with Gasteiger partial charge in [-0.3, -0.25) is 4.79 Å². The van der Waals surface area contributed by atoms with Crippen molar-refractivity contribution in [2.75, 3.05) is 13.2 Å². The number of hydrogen-bond donors (Lipinski definition) is 1. The maximum absolute atomic E-state index is 12.6. The molecule has 1 aliphatic rings. The molecule has 0 aromatic heterocycles. The average Bonchev–Trinajstić information content (AvgIpc) is 2.62. The molecule has 2 aromatic rings. The molecule has 0 saturated carbocycles. The molecular weight excluding hydrogens is 361 g/mol. The molecular formula is C19H19Cl2NO3. The van der Waals surface area contributed by atoms with Crippen LogP contribution in [0.15, 0.2) is 42.5 Å². The first-order valence-corrected chi connectivity index (χ1v) is 8.93. The lowest BCUT2D eigenvalue weighted by atomic mass is 10.1. The van der Waals surface area contributed by atoms with E-state index in [1.54, 1.807) is 24.3 Å². The van der Waals surface area contributed by atoms with Crippen molar-refractivity contribution < 1.29 is 14.3 Å². The van der Waals surface area contributed by atoms with E-state index in [2.05, 4.69) is 5.32 Å². The highest BCUT2D eigenvalue weighted by Crippen LogP contribution is 2.24. The highest BCUT2D eigenvalue weighted by Gasteiger charge is 2.19. The van der Waals surface area contributed by atoms with Crippen LogP contribution in [0.5, 0.6) is 5.75 Å². The maximum Gasteiger partial charge on any atom is 0.255 e. The number of amides is 1. The number of ether oxygens (including phenoxy) is 2. The molecule has 0 spiro atoms. The fourth-order valence-corrected chi connectivity index (χ4v) is 3.16. The third-order valence-corrected chi connectivity index (χ3v) is 4.61. The molecule has 6 heteroatoms. The number of nitrogens with one attached hydrogen (secondary N) is 1. The van der Waals surface area contributed by atoms with Crippen molar-refractivity contribution in [3.8, 4) is 5.75 Å². The van der Waals surface area contributed by atoms with E-state index < -0.39 is 0 Å². The molecule has 1 amide bonds. The van der Waals surface area contributed by atoms with Crippen molar-refractivity contribution in [1.29, 1.82) is 0 Å². The van der Waals surface area contributed by atoms with Crippen LogP contribution in [-0.4, -0.2) is 25.2 Å². The summed E-state index contributed by atoms with van der Waals surface area (Å²) >= 11 is 12.1. The third kappa shape index (κ3) is 4.88. The van der Waals surface area contributed by atoms with Crippen LogP contribution < -0.4 is 10.1 Å². The van der Waals surface area contributed by atoms with Gasteiger partial charge in [-0.25, -0.2) is 0 Å². The van der Waals surface area contributed by atoms with Crippen molar-refractivity contribution in [1.82, 2.24) is 5.32 Å². The molecule has 2 aromatic carbocycles. The molecule has 1 heterocycles. The van der Waals surface area contributed by atoms with Gasteiger partial charge < -0.3 is 14.8 Å². The fraction of sp³-hybridized carbons (Fsp3) is 0.316. The number of para-hydroxylation sites is 1. The lowest BCUT2D eigenvalue weighted by Gasteiger charge is -2.23. The van der Waals surface area contributed by atoms with Gasteiger partial charge in [-0.2, -0.15) is 0 Å². The molecule has 25 heavy (non-hydrogen) atoms. The van der Waals surface area contributed by atoms with E-state index in [1.807, 2.05) is 18.2 Å². The minimum absolute atomic E-state index is 0.0417. The van der Waals surface area contributed by atoms with E-state index in [4.69, 9.17) is 32.7 Å². The maximum atomic E-state index is 12.6. The van der Waals surface area contributed by atoms with Crippen LogP contribution in [0.25, 0.3) is 0 Å². The number of carbonyl (C=O) groups excluding carboxylic acids is 1. The minimum Gasteiger partial charge on any atom is -0.488 e. The summed E-state index contributed by atoms with van der Waals surface area (Å²) in [6.07, 6.45) is 1.88. The predicted octanol–water partition coefficient (Wildman–Crippen LogP) is 4.48. The first-order valence-electron chi connectivity index (χ1n) is 8.18. The van der Waals surface area contributed by atoms with E-state index in [0.29, 0.717) is 28.0 Å². The van der Waals surface area contributed by atoms with Gasteiger partial charge in [-0.1, -0.05) is 41.4 Å². The van der Waals surface area contributed by atoms with Crippen LogP contribution in [0.1, 0.15) is 28.8 Å². The molecule has 0 bridgehead atoms. The van der Waals surface area contributed by atoms with Crippen LogP contribution in [0.3, 0.4) is 0 Å². The zero-order valence-corrected chi connectivity index (χ0v) is 15.1. The molecule has 3 rings (SSSR count). The van der Waals surface area contributed by atoms with Crippen molar-refractivity contribution in [2.45, 2.75) is 25.5 Å². The van der Waals surface area contributed by atoms with Gasteiger partial charge in [0.05, 0.1) is 18.2 Å². The fourth-order valence-electron chi connectivity index (χ4n) is 2.69. The van der Waals surface area contributed by atoms with E-state index in [0.717, 1.165) is 25.0 Å². The second-order valence-electron chi connectivity index (χ2n) is 5.91. The normalized spacial score (nSPS) is 17.1. The summed E-state index contributed by atoms with van der Waals surface area (Å²) in [7, 11) is 0. The van der Waals surface area contributed by atoms with Gasteiger partial charge in [0.15, 0.2) is 0 Å². The Morgan fingerprint density at radius 3 is 2.84 bits per heavy atom. The highest BCUT2D eigenvalue weighted by molar-refractivity contribution is 6.35. The van der Waals surface area contributed by atoms with Crippen molar-refractivity contribution >= 4 is 29.1 Å². The Kier molecular flexibility index (Phi) is 6.19. The summed E-state index contributed by atoms with van der Waals surface area (Å²) in [6.45, 7) is 1.57. The highest BCUT2D eigenvalue weighted by atomic mass is 35.5. The molecule has 4 nitrogen and oxygen atoms in total. The molecule has 1 atom stereocenters. The van der Waals surface area contributed by atoms with Crippen LogP contribution in [-0.2, 0) is 11.3 Å². The lowest BCUT2D eigenvalue weighted by Crippen LogP contribution is -2.40. The average molecular weight is 380 g/mol. The van der Waals surface area contributed by atoms with Crippen LogP contribution in [0.2, 0.25) is 10.0 Å². The minimum atomic E-state index is -0.159. The number of carbonyl (C=O) groups is 1. The van der Waals surface area contributed by atoms with E-state index in [9.17, 15) is 4.79 Å². The van der Waals surface area contributed by atoms with Crippen molar-refractivity contribution in [3.63, 3.8) is 0 Å². The van der Waals surface area contributed by atoms with Gasteiger partial charge in [0, 0.05) is 22.2 Å². The quantitative estimate of drug-likeness (QED) is 0.832. The molecule has 1 fully saturated rings. The lowest BCUT2D eigenvalue weighted by molar-refractivity contribution is 0.0622. The molecule has 1 unspecified atom stereocenters. The van der Waals surface area contributed by atoms with Gasteiger partial charge >= 0.3 is 0 Å². The third-order valence-electron chi connectivity index (χ3n) is 4.03. The van der Waals surface area contributed by atoms with Gasteiger partial charge in [-0.15, -0.1) is 0 Å². The number of rotatable bonds is 5. The van der Waals surface area contributed by atoms with E-state index >= 15 is 0 Å². The predicted molar refractivity (Wildman–Crippen MR) is 98.5 cm³/mol. The van der Waals surface area contributed by atoms with Crippen LogP contribution in [0.4, 0.5) is 0 Å². The summed E-state index contributed by atoms with van der Waals surface area (Å²) in [4.78, 5) is 12.6. The molecule has 0 aliphatic carbocycles. The van der Waals surface area contributed by atoms with Crippen LogP contribution in [0, 0.1) is 0 Å². The standard InChI is InChI=1S/C19H19Cl2NO3/c20-14-8-7-13(17(21)10-14)11-25-18-6-2-1-5-16(18)19(23)22-15-4-3-9-24-12-15/h1-2,5-8,10,15H,3-4,9,11-12H2,(H,22,23). The largest absolute Gasteiger partial charge is 0.488 e. The first kappa shape index (κ1) is 18.1. The Bertz CT molecular complexity index is 745. The molecule has 1 saturated heterocycles.